The molecule has 0 atom stereocenters. The Balaban J connectivity index is 2.53. The van der Waals surface area contributed by atoms with Gasteiger partial charge >= 0.3 is 0 Å². The van der Waals surface area contributed by atoms with E-state index in [1.807, 2.05) is 13.8 Å². The van der Waals surface area contributed by atoms with Crippen LogP contribution < -0.4 is 10.6 Å². The van der Waals surface area contributed by atoms with E-state index in [0.29, 0.717) is 6.54 Å². The Labute approximate surface area is 115 Å². The molecule has 1 aliphatic heterocycles. The fourth-order valence-electron chi connectivity index (χ4n) is 1.95. The van der Waals surface area contributed by atoms with E-state index in [2.05, 4.69) is 35.6 Å². The molecule has 1 amide bonds. The summed E-state index contributed by atoms with van der Waals surface area (Å²) in [5.41, 5.74) is -0.420. The molecule has 18 heavy (non-hydrogen) atoms. The van der Waals surface area contributed by atoms with Gasteiger partial charge in [-0.25, -0.2) is 0 Å². The maximum atomic E-state index is 12.3. The van der Waals surface area contributed by atoms with Gasteiger partial charge in [-0.1, -0.05) is 0 Å². The van der Waals surface area contributed by atoms with E-state index in [1.165, 1.54) is 0 Å². The van der Waals surface area contributed by atoms with Gasteiger partial charge in [0.25, 0.3) is 0 Å². The molecule has 0 bridgehead atoms. The minimum atomic E-state index is -0.420. The molecular formula is C13H27N3OS. The lowest BCUT2D eigenvalue weighted by Gasteiger charge is -2.40. The molecule has 1 aliphatic rings. The van der Waals surface area contributed by atoms with Gasteiger partial charge in [0, 0.05) is 37.5 Å². The predicted molar refractivity (Wildman–Crippen MR) is 79.1 cm³/mol. The molecular weight excluding hydrogens is 246 g/mol. The maximum Gasteiger partial charge on any atom is 0.240 e. The van der Waals surface area contributed by atoms with E-state index in [4.69, 9.17) is 0 Å². The minimum absolute atomic E-state index is 0.0925. The third-order valence-corrected chi connectivity index (χ3v) is 4.94. The van der Waals surface area contributed by atoms with Crippen LogP contribution in [0.2, 0.25) is 0 Å². The van der Waals surface area contributed by atoms with Crippen LogP contribution in [-0.4, -0.2) is 60.1 Å². The summed E-state index contributed by atoms with van der Waals surface area (Å²) in [5, 5.41) is 6.40. The van der Waals surface area contributed by atoms with Crippen molar-refractivity contribution < 1.29 is 4.79 Å². The molecule has 4 nitrogen and oxygen atoms in total. The molecule has 5 heteroatoms. The third-order valence-electron chi connectivity index (χ3n) is 3.69. The molecule has 0 spiro atoms. The first kappa shape index (κ1) is 15.8. The lowest BCUT2D eigenvalue weighted by molar-refractivity contribution is -0.132. The van der Waals surface area contributed by atoms with Gasteiger partial charge in [-0.3, -0.25) is 9.69 Å². The Morgan fingerprint density at radius 3 is 2.33 bits per heavy atom. The summed E-state index contributed by atoms with van der Waals surface area (Å²) < 4.78 is 0.0925. The lowest BCUT2D eigenvalue weighted by atomic mass is 10.00. The maximum absolute atomic E-state index is 12.3. The second kappa shape index (κ2) is 6.26. The van der Waals surface area contributed by atoms with Crippen LogP contribution in [0.3, 0.4) is 0 Å². The van der Waals surface area contributed by atoms with Crippen LogP contribution in [0, 0.1) is 0 Å². The zero-order chi connectivity index (χ0) is 13.8. The monoisotopic (exact) mass is 273 g/mol. The molecule has 0 unspecified atom stereocenters. The van der Waals surface area contributed by atoms with Crippen molar-refractivity contribution in [1.29, 1.82) is 0 Å². The van der Waals surface area contributed by atoms with Crippen LogP contribution >= 0.6 is 11.8 Å². The van der Waals surface area contributed by atoms with E-state index in [1.54, 1.807) is 11.8 Å². The summed E-state index contributed by atoms with van der Waals surface area (Å²) in [5.74, 6) is 0.131. The third kappa shape index (κ3) is 4.14. The molecule has 106 valence electrons. The smallest absolute Gasteiger partial charge is 0.240 e. The van der Waals surface area contributed by atoms with E-state index in [0.717, 1.165) is 26.2 Å². The fourth-order valence-corrected chi connectivity index (χ4v) is 2.17. The molecule has 0 saturated carbocycles. The van der Waals surface area contributed by atoms with Crippen molar-refractivity contribution >= 4 is 17.7 Å². The van der Waals surface area contributed by atoms with Crippen molar-refractivity contribution in [3.8, 4) is 0 Å². The zero-order valence-electron chi connectivity index (χ0n) is 12.3. The number of carbonyl (C=O) groups excluding carboxylic acids is 1. The van der Waals surface area contributed by atoms with Crippen LogP contribution in [0.15, 0.2) is 0 Å². The first-order chi connectivity index (χ1) is 8.29. The van der Waals surface area contributed by atoms with E-state index >= 15 is 0 Å². The number of thioether (sulfide) groups is 1. The van der Waals surface area contributed by atoms with Gasteiger partial charge in [-0.05, 0) is 34.0 Å². The van der Waals surface area contributed by atoms with E-state index < -0.39 is 5.54 Å². The van der Waals surface area contributed by atoms with Crippen LogP contribution in [0.1, 0.15) is 27.7 Å². The number of hydrogen-bond acceptors (Lipinski definition) is 4. The molecule has 0 aromatic heterocycles. The fraction of sp³-hybridized carbons (Fsp3) is 0.923. The van der Waals surface area contributed by atoms with Crippen LogP contribution in [-0.2, 0) is 4.79 Å². The Kier molecular flexibility index (Phi) is 5.49. The predicted octanol–water partition coefficient (Wildman–Crippen LogP) is 0.928. The van der Waals surface area contributed by atoms with Crippen molar-refractivity contribution in [2.45, 2.75) is 38.0 Å². The molecule has 1 fully saturated rings. The average molecular weight is 273 g/mol. The number of rotatable bonds is 5. The van der Waals surface area contributed by atoms with E-state index in [-0.39, 0.29) is 10.7 Å². The minimum Gasteiger partial charge on any atom is -0.353 e. The van der Waals surface area contributed by atoms with Crippen LogP contribution in [0.5, 0.6) is 0 Å². The number of piperazine rings is 1. The average Bonchev–Trinajstić information content (AvgIpc) is 2.37. The summed E-state index contributed by atoms with van der Waals surface area (Å²) in [6, 6.07) is 0. The van der Waals surface area contributed by atoms with Gasteiger partial charge < -0.3 is 10.6 Å². The van der Waals surface area contributed by atoms with Crippen molar-refractivity contribution in [3.05, 3.63) is 0 Å². The quantitative estimate of drug-likeness (QED) is 0.782. The molecule has 0 aromatic rings. The number of carbonyl (C=O) groups is 1. The van der Waals surface area contributed by atoms with Gasteiger partial charge in [0.2, 0.25) is 5.91 Å². The molecule has 1 saturated heterocycles. The lowest BCUT2D eigenvalue weighted by Crippen LogP contribution is -2.60. The van der Waals surface area contributed by atoms with Crippen molar-refractivity contribution in [3.63, 3.8) is 0 Å². The Bertz CT molecular complexity index is 286. The Morgan fingerprint density at radius 1 is 1.28 bits per heavy atom. The molecule has 1 rings (SSSR count). The van der Waals surface area contributed by atoms with Gasteiger partial charge in [0.1, 0.15) is 0 Å². The standard InChI is InChI=1S/C13H27N3OS/c1-12(2,18-5)10-15-11(17)13(3,4)16-8-6-14-7-9-16/h14H,6-10H2,1-5H3,(H,15,17). The highest BCUT2D eigenvalue weighted by atomic mass is 32.2. The highest BCUT2D eigenvalue weighted by molar-refractivity contribution is 7.99. The second-order valence-corrected chi connectivity index (χ2v) is 7.46. The SMILES string of the molecule is CSC(C)(C)CNC(=O)C(C)(C)N1CCNCC1. The molecule has 0 aliphatic carbocycles. The van der Waals surface area contributed by atoms with Gasteiger partial charge in [-0.2, -0.15) is 11.8 Å². The highest BCUT2D eigenvalue weighted by Crippen LogP contribution is 2.21. The number of hydrogen-bond donors (Lipinski definition) is 2. The largest absolute Gasteiger partial charge is 0.353 e. The summed E-state index contributed by atoms with van der Waals surface area (Å²) in [6.45, 7) is 12.8. The number of amides is 1. The molecule has 2 N–H and O–H groups in total. The van der Waals surface area contributed by atoms with E-state index in [9.17, 15) is 4.79 Å². The number of nitrogens with zero attached hydrogens (tertiary/aromatic N) is 1. The van der Waals surface area contributed by atoms with Crippen LogP contribution in [0.4, 0.5) is 0 Å². The van der Waals surface area contributed by atoms with Gasteiger partial charge in [0.15, 0.2) is 0 Å². The first-order valence-corrected chi connectivity index (χ1v) is 7.81. The summed E-state index contributed by atoms with van der Waals surface area (Å²) in [6.07, 6.45) is 2.08. The summed E-state index contributed by atoms with van der Waals surface area (Å²) in [4.78, 5) is 14.6. The van der Waals surface area contributed by atoms with Crippen molar-refractivity contribution in [2.24, 2.45) is 0 Å². The summed E-state index contributed by atoms with van der Waals surface area (Å²) in [7, 11) is 0. The van der Waals surface area contributed by atoms with Crippen LogP contribution in [0.25, 0.3) is 0 Å². The topological polar surface area (TPSA) is 44.4 Å². The highest BCUT2D eigenvalue weighted by Gasteiger charge is 2.35. The van der Waals surface area contributed by atoms with Crippen molar-refractivity contribution in [2.75, 3.05) is 39.0 Å². The van der Waals surface area contributed by atoms with Crippen molar-refractivity contribution in [1.82, 2.24) is 15.5 Å². The number of nitrogens with one attached hydrogen (secondary N) is 2. The van der Waals surface area contributed by atoms with Gasteiger partial charge in [0.05, 0.1) is 5.54 Å². The molecule has 0 radical (unpaired) electrons. The Hall–Kier alpha value is -0.260. The molecule has 1 heterocycles. The zero-order valence-corrected chi connectivity index (χ0v) is 13.1. The normalized spacial score (nSPS) is 18.7. The second-order valence-electron chi connectivity index (χ2n) is 5.94. The first-order valence-electron chi connectivity index (χ1n) is 6.59. The summed E-state index contributed by atoms with van der Waals surface area (Å²) >= 11 is 1.78. The molecule has 0 aromatic carbocycles. The van der Waals surface area contributed by atoms with Gasteiger partial charge in [-0.15, -0.1) is 0 Å². The Morgan fingerprint density at radius 2 is 1.83 bits per heavy atom.